The third-order valence-corrected chi connectivity index (χ3v) is 9.60. The molecule has 0 spiro atoms. The number of hydrogen-bond donors (Lipinski definition) is 1. The molecule has 2 unspecified atom stereocenters. The van der Waals surface area contributed by atoms with Crippen molar-refractivity contribution in [2.45, 2.75) is 114 Å². The van der Waals surface area contributed by atoms with E-state index in [9.17, 15) is 44.5 Å². The van der Waals surface area contributed by atoms with Gasteiger partial charge in [0.1, 0.15) is 17.7 Å². The van der Waals surface area contributed by atoms with E-state index in [1.807, 2.05) is 0 Å². The summed E-state index contributed by atoms with van der Waals surface area (Å²) in [5.41, 5.74) is -5.56. The van der Waals surface area contributed by atoms with Crippen LogP contribution in [0.4, 0.5) is 35.5 Å². The molecule has 15 heteroatoms. The van der Waals surface area contributed by atoms with E-state index in [4.69, 9.17) is 9.47 Å². The van der Waals surface area contributed by atoms with E-state index in [1.54, 1.807) is 48.5 Å². The summed E-state index contributed by atoms with van der Waals surface area (Å²) in [6.45, 7) is 12.5. The van der Waals surface area contributed by atoms with Crippen LogP contribution in [0.5, 0.6) is 0 Å². The molecule has 268 valence electrons. The SMILES string of the molecule is C[C@@H](O[C@H]1CN(C(=O)OC(C)(C)C)[C@@H](C(C)(CC=O)NS(=O)C(C)(C)C)[C@@H]1c1ccc(F)cc1)c1cc(C(F)(F)F)cc(C(F)(F)F)c1. The molecule has 1 fully saturated rings. The van der Waals surface area contributed by atoms with Crippen molar-refractivity contribution < 1.29 is 54.0 Å². The molecule has 1 heterocycles. The number of likely N-dealkylation sites (tertiary alicyclic amines) is 1. The predicted molar refractivity (Wildman–Crippen MR) is 166 cm³/mol. The van der Waals surface area contributed by atoms with Gasteiger partial charge in [-0.1, -0.05) is 12.1 Å². The molecule has 7 nitrogen and oxygen atoms in total. The smallest absolute Gasteiger partial charge is 0.416 e. The molecule has 0 radical (unpaired) electrons. The summed E-state index contributed by atoms with van der Waals surface area (Å²) in [4.78, 5) is 27.2. The topological polar surface area (TPSA) is 84.9 Å². The summed E-state index contributed by atoms with van der Waals surface area (Å²) in [5.74, 6) is -1.57. The minimum absolute atomic E-state index is 0.0131. The van der Waals surface area contributed by atoms with Crippen LogP contribution in [-0.2, 0) is 37.6 Å². The molecule has 0 bridgehead atoms. The molecular formula is C33H41F7N2O5S. The highest BCUT2D eigenvalue weighted by Gasteiger charge is 2.55. The van der Waals surface area contributed by atoms with Crippen LogP contribution in [0.3, 0.4) is 0 Å². The van der Waals surface area contributed by atoms with E-state index in [1.165, 1.54) is 24.0 Å². The lowest BCUT2D eigenvalue weighted by molar-refractivity contribution is -0.143. The van der Waals surface area contributed by atoms with Crippen molar-refractivity contribution >= 4 is 23.4 Å². The van der Waals surface area contributed by atoms with Gasteiger partial charge in [-0.15, -0.1) is 0 Å². The highest BCUT2D eigenvalue weighted by atomic mass is 32.2. The Morgan fingerprint density at radius 3 is 1.92 bits per heavy atom. The van der Waals surface area contributed by atoms with E-state index in [2.05, 4.69) is 4.72 Å². The Morgan fingerprint density at radius 1 is 0.958 bits per heavy atom. The summed E-state index contributed by atoms with van der Waals surface area (Å²) < 4.78 is 124. The van der Waals surface area contributed by atoms with E-state index < -0.39 is 92.0 Å². The Labute approximate surface area is 278 Å². The van der Waals surface area contributed by atoms with Crippen LogP contribution in [-0.4, -0.2) is 56.1 Å². The van der Waals surface area contributed by atoms with Crippen molar-refractivity contribution in [3.05, 3.63) is 70.5 Å². The number of ether oxygens (including phenoxy) is 2. The van der Waals surface area contributed by atoms with Crippen LogP contribution < -0.4 is 4.72 Å². The maximum Gasteiger partial charge on any atom is 0.416 e. The molecular weight excluding hydrogens is 669 g/mol. The molecule has 1 saturated heterocycles. The Kier molecular flexibility index (Phi) is 11.5. The molecule has 6 atom stereocenters. The van der Waals surface area contributed by atoms with Crippen LogP contribution in [0.15, 0.2) is 42.5 Å². The minimum atomic E-state index is -5.09. The zero-order chi connectivity index (χ0) is 36.6. The van der Waals surface area contributed by atoms with Crippen LogP contribution in [0, 0.1) is 5.82 Å². The lowest BCUT2D eigenvalue weighted by Crippen LogP contribution is -2.62. The summed E-state index contributed by atoms with van der Waals surface area (Å²) in [5, 5.41) is 0. The number of aldehydes is 1. The Bertz CT molecular complexity index is 1450. The Hall–Kier alpha value is -3.04. The molecule has 0 aliphatic carbocycles. The number of hydrogen-bond acceptors (Lipinski definition) is 5. The second-order valence-electron chi connectivity index (χ2n) is 14.1. The first kappa shape index (κ1) is 39.4. The van der Waals surface area contributed by atoms with Gasteiger partial charge in [0.25, 0.3) is 0 Å². The lowest BCUT2D eigenvalue weighted by Gasteiger charge is -2.43. The summed E-state index contributed by atoms with van der Waals surface area (Å²) in [7, 11) is -1.80. The molecule has 2 aromatic carbocycles. The van der Waals surface area contributed by atoms with Gasteiger partial charge in [0.15, 0.2) is 0 Å². The monoisotopic (exact) mass is 710 g/mol. The van der Waals surface area contributed by atoms with Crippen molar-refractivity contribution in [1.29, 1.82) is 0 Å². The number of alkyl halides is 6. The highest BCUT2D eigenvalue weighted by Crippen LogP contribution is 2.45. The van der Waals surface area contributed by atoms with Gasteiger partial charge in [0.05, 0.1) is 57.2 Å². The van der Waals surface area contributed by atoms with Crippen molar-refractivity contribution in [3.8, 4) is 0 Å². The zero-order valence-electron chi connectivity index (χ0n) is 27.9. The van der Waals surface area contributed by atoms with E-state index in [0.29, 0.717) is 24.0 Å². The second-order valence-corrected chi connectivity index (χ2v) is 16.0. The normalized spacial score (nSPS) is 21.8. The highest BCUT2D eigenvalue weighted by molar-refractivity contribution is 7.84. The van der Waals surface area contributed by atoms with Crippen LogP contribution in [0.25, 0.3) is 0 Å². The van der Waals surface area contributed by atoms with Crippen molar-refractivity contribution in [3.63, 3.8) is 0 Å². The largest absolute Gasteiger partial charge is 0.444 e. The van der Waals surface area contributed by atoms with Gasteiger partial charge < -0.3 is 14.3 Å². The predicted octanol–water partition coefficient (Wildman–Crippen LogP) is 8.11. The number of nitrogens with zero attached hydrogens (tertiary/aromatic N) is 1. The average molecular weight is 711 g/mol. The first-order valence-electron chi connectivity index (χ1n) is 15.1. The van der Waals surface area contributed by atoms with Crippen molar-refractivity contribution in [2.24, 2.45) is 0 Å². The standard InChI is InChI=1S/C33H41F7N2O5S/c1-19(21-15-22(32(35,36)37)17-23(16-21)33(38,39)40)46-25-18-42(28(44)47-29(2,3)4)27(26(25)20-9-11-24(34)12-10-20)31(8,13-14-43)41-48(45)30(5,6)7/h9-12,14-17,19,25-27,41H,13,18H2,1-8H3/t19-,25+,26-,27-,31?,48?/m1/s1. The number of halogens is 7. The molecule has 0 aromatic heterocycles. The maximum absolute atomic E-state index is 14.1. The number of nitrogens with one attached hydrogen (secondary N) is 1. The molecule has 1 N–H and O–H groups in total. The van der Waals surface area contributed by atoms with Gasteiger partial charge in [0, 0.05) is 12.3 Å². The summed E-state index contributed by atoms with van der Waals surface area (Å²) >= 11 is 0. The second kappa shape index (κ2) is 14.1. The zero-order valence-corrected chi connectivity index (χ0v) is 28.7. The fraction of sp³-hybridized carbons (Fsp3) is 0.576. The van der Waals surface area contributed by atoms with Gasteiger partial charge in [-0.2, -0.15) is 26.3 Å². The Balaban J connectivity index is 2.24. The fourth-order valence-corrected chi connectivity index (χ4v) is 6.53. The molecule has 3 rings (SSSR count). The van der Waals surface area contributed by atoms with Crippen molar-refractivity contribution in [1.82, 2.24) is 9.62 Å². The lowest BCUT2D eigenvalue weighted by atomic mass is 9.78. The fourth-order valence-electron chi connectivity index (χ4n) is 5.59. The molecule has 48 heavy (non-hydrogen) atoms. The van der Waals surface area contributed by atoms with Gasteiger partial charge in [-0.3, -0.25) is 4.90 Å². The summed E-state index contributed by atoms with van der Waals surface area (Å²) in [6.07, 6.45) is -13.3. The number of amides is 1. The van der Waals surface area contributed by atoms with Crippen LogP contribution >= 0.6 is 0 Å². The van der Waals surface area contributed by atoms with Gasteiger partial charge in [-0.05, 0) is 96.8 Å². The van der Waals surface area contributed by atoms with Crippen molar-refractivity contribution in [2.75, 3.05) is 6.54 Å². The van der Waals surface area contributed by atoms with E-state index in [-0.39, 0.29) is 19.0 Å². The van der Waals surface area contributed by atoms with Gasteiger partial charge in [0.2, 0.25) is 0 Å². The minimum Gasteiger partial charge on any atom is -0.444 e. The van der Waals surface area contributed by atoms with E-state index >= 15 is 0 Å². The number of rotatable bonds is 9. The Morgan fingerprint density at radius 2 is 1.48 bits per heavy atom. The molecule has 1 aliphatic rings. The number of carbonyl (C=O) groups is 2. The number of benzene rings is 2. The summed E-state index contributed by atoms with van der Waals surface area (Å²) in [6, 6.07) is 5.14. The first-order valence-corrected chi connectivity index (χ1v) is 16.2. The van der Waals surface area contributed by atoms with Crippen LogP contribution in [0.1, 0.15) is 96.1 Å². The molecule has 1 aliphatic heterocycles. The number of carbonyl (C=O) groups excluding carboxylic acids is 2. The van der Waals surface area contributed by atoms with E-state index in [0.717, 1.165) is 12.1 Å². The third kappa shape index (κ3) is 9.56. The van der Waals surface area contributed by atoms with Crippen LogP contribution in [0.2, 0.25) is 0 Å². The van der Waals surface area contributed by atoms with Gasteiger partial charge >= 0.3 is 18.4 Å². The first-order chi connectivity index (χ1) is 21.8. The molecule has 0 saturated carbocycles. The quantitative estimate of drug-likeness (QED) is 0.210. The third-order valence-electron chi connectivity index (χ3n) is 7.84. The average Bonchev–Trinajstić information content (AvgIpc) is 3.31. The van der Waals surface area contributed by atoms with Gasteiger partial charge in [-0.25, -0.2) is 18.1 Å². The maximum atomic E-state index is 14.1. The molecule has 2 aromatic rings. The molecule has 1 amide bonds.